The zero-order chi connectivity index (χ0) is 16.1. The topological polar surface area (TPSA) is 90.4 Å². The van der Waals surface area contributed by atoms with Crippen LogP contribution in [0.4, 0.5) is 10.7 Å². The molecule has 2 amide bonds. The standard InChI is InChI=1S/C16H25N5O2/c22-14-6-4-12(5-7-14)19-16(23)20-13-3-1-10-21(11-13)15-17-8-2-9-18-15/h2,8-9,12-14,22H,1,3-7,10-11H2,(H2,19,20,23)/t12?,13-,14?/m1/s1. The molecule has 0 radical (unpaired) electrons. The van der Waals surface area contributed by atoms with Crippen molar-refractivity contribution in [3.05, 3.63) is 18.5 Å². The van der Waals surface area contributed by atoms with Gasteiger partial charge in [-0.1, -0.05) is 0 Å². The van der Waals surface area contributed by atoms with Crippen molar-refractivity contribution in [2.45, 2.75) is 56.7 Å². The number of nitrogens with zero attached hydrogens (tertiary/aromatic N) is 3. The highest BCUT2D eigenvalue weighted by atomic mass is 16.3. The molecular formula is C16H25N5O2. The van der Waals surface area contributed by atoms with Crippen LogP contribution < -0.4 is 15.5 Å². The SMILES string of the molecule is O=C(NC1CCC(O)CC1)N[C@@H]1CCCN(c2ncccn2)C1. The Bertz CT molecular complexity index is 504. The van der Waals surface area contributed by atoms with Crippen LogP contribution in [0.5, 0.6) is 0 Å². The van der Waals surface area contributed by atoms with Crippen molar-refractivity contribution in [3.63, 3.8) is 0 Å². The molecule has 3 rings (SSSR count). The van der Waals surface area contributed by atoms with E-state index >= 15 is 0 Å². The van der Waals surface area contributed by atoms with Crippen LogP contribution in [0.2, 0.25) is 0 Å². The van der Waals surface area contributed by atoms with Crippen molar-refractivity contribution in [1.29, 1.82) is 0 Å². The molecule has 1 aromatic rings. The van der Waals surface area contributed by atoms with Crippen LogP contribution in [0.15, 0.2) is 18.5 Å². The van der Waals surface area contributed by atoms with Gasteiger partial charge in [0.15, 0.2) is 0 Å². The fourth-order valence-corrected chi connectivity index (χ4v) is 3.36. The summed E-state index contributed by atoms with van der Waals surface area (Å²) in [5, 5.41) is 15.6. The largest absolute Gasteiger partial charge is 0.393 e. The van der Waals surface area contributed by atoms with Crippen LogP contribution in [0.3, 0.4) is 0 Å². The monoisotopic (exact) mass is 319 g/mol. The van der Waals surface area contributed by atoms with E-state index in [9.17, 15) is 9.90 Å². The second-order valence-electron chi connectivity index (χ2n) is 6.46. The molecule has 23 heavy (non-hydrogen) atoms. The van der Waals surface area contributed by atoms with E-state index in [1.807, 2.05) is 0 Å². The van der Waals surface area contributed by atoms with E-state index in [0.29, 0.717) is 0 Å². The molecule has 0 aromatic carbocycles. The Hall–Kier alpha value is -1.89. The normalized spacial score (nSPS) is 28.2. The van der Waals surface area contributed by atoms with Crippen LogP contribution >= 0.6 is 0 Å². The van der Waals surface area contributed by atoms with E-state index in [2.05, 4.69) is 25.5 Å². The minimum absolute atomic E-state index is 0.104. The molecule has 1 saturated heterocycles. The number of carbonyl (C=O) groups is 1. The predicted molar refractivity (Wildman–Crippen MR) is 87.2 cm³/mol. The summed E-state index contributed by atoms with van der Waals surface area (Å²) in [4.78, 5) is 22.8. The van der Waals surface area contributed by atoms with E-state index in [0.717, 1.165) is 57.6 Å². The number of piperidine rings is 1. The number of urea groups is 1. The van der Waals surface area contributed by atoms with E-state index in [1.165, 1.54) is 0 Å². The Labute approximate surface area is 136 Å². The Morgan fingerprint density at radius 2 is 1.78 bits per heavy atom. The summed E-state index contributed by atoms with van der Waals surface area (Å²) in [5.41, 5.74) is 0. The van der Waals surface area contributed by atoms with Crippen molar-refractivity contribution < 1.29 is 9.90 Å². The van der Waals surface area contributed by atoms with Gasteiger partial charge in [-0.15, -0.1) is 0 Å². The third kappa shape index (κ3) is 4.54. The molecule has 1 aliphatic heterocycles. The molecule has 7 heteroatoms. The van der Waals surface area contributed by atoms with Crippen LogP contribution in [0.25, 0.3) is 0 Å². The quantitative estimate of drug-likeness (QED) is 0.775. The smallest absolute Gasteiger partial charge is 0.315 e. The molecule has 2 aliphatic rings. The van der Waals surface area contributed by atoms with Gasteiger partial charge < -0.3 is 20.6 Å². The van der Waals surface area contributed by atoms with E-state index in [-0.39, 0.29) is 24.2 Å². The second kappa shape index (κ2) is 7.59. The van der Waals surface area contributed by atoms with Gasteiger partial charge in [0.1, 0.15) is 0 Å². The molecule has 126 valence electrons. The maximum Gasteiger partial charge on any atom is 0.315 e. The van der Waals surface area contributed by atoms with Crippen molar-refractivity contribution in [2.24, 2.45) is 0 Å². The van der Waals surface area contributed by atoms with Gasteiger partial charge in [0.05, 0.1) is 6.10 Å². The summed E-state index contributed by atoms with van der Waals surface area (Å²) in [6.07, 6.45) is 8.51. The summed E-state index contributed by atoms with van der Waals surface area (Å²) in [6.45, 7) is 1.66. The molecular weight excluding hydrogens is 294 g/mol. The van der Waals surface area contributed by atoms with Gasteiger partial charge in [0.25, 0.3) is 0 Å². The molecule has 3 N–H and O–H groups in total. The number of aromatic nitrogens is 2. The lowest BCUT2D eigenvalue weighted by molar-refractivity contribution is 0.117. The average molecular weight is 319 g/mol. The van der Waals surface area contributed by atoms with Gasteiger partial charge in [0.2, 0.25) is 5.95 Å². The summed E-state index contributed by atoms with van der Waals surface area (Å²) < 4.78 is 0. The molecule has 1 atom stereocenters. The lowest BCUT2D eigenvalue weighted by Gasteiger charge is -2.33. The van der Waals surface area contributed by atoms with Gasteiger partial charge >= 0.3 is 6.03 Å². The van der Waals surface area contributed by atoms with Gasteiger partial charge in [-0.05, 0) is 44.6 Å². The Kier molecular flexibility index (Phi) is 5.27. The molecule has 7 nitrogen and oxygen atoms in total. The number of carbonyl (C=O) groups excluding carboxylic acids is 1. The molecule has 1 saturated carbocycles. The third-order valence-corrected chi connectivity index (χ3v) is 4.62. The lowest BCUT2D eigenvalue weighted by atomic mass is 9.93. The highest BCUT2D eigenvalue weighted by Gasteiger charge is 2.25. The minimum atomic E-state index is -0.200. The third-order valence-electron chi connectivity index (χ3n) is 4.62. The van der Waals surface area contributed by atoms with E-state index < -0.39 is 0 Å². The Morgan fingerprint density at radius 3 is 2.52 bits per heavy atom. The zero-order valence-corrected chi connectivity index (χ0v) is 13.3. The van der Waals surface area contributed by atoms with Crippen LogP contribution in [-0.4, -0.2) is 52.4 Å². The van der Waals surface area contributed by atoms with Crippen molar-refractivity contribution >= 4 is 12.0 Å². The summed E-state index contributed by atoms with van der Waals surface area (Å²) in [6, 6.07) is 1.99. The highest BCUT2D eigenvalue weighted by Crippen LogP contribution is 2.18. The van der Waals surface area contributed by atoms with Crippen molar-refractivity contribution in [1.82, 2.24) is 20.6 Å². The molecule has 1 aliphatic carbocycles. The predicted octanol–water partition coefficient (Wildman–Crippen LogP) is 1.05. The number of rotatable bonds is 3. The Balaban J connectivity index is 1.46. The van der Waals surface area contributed by atoms with Crippen molar-refractivity contribution in [3.8, 4) is 0 Å². The number of anilines is 1. The first-order chi connectivity index (χ1) is 11.2. The number of hydrogen-bond donors (Lipinski definition) is 3. The molecule has 1 aromatic heterocycles. The van der Waals surface area contributed by atoms with Crippen LogP contribution in [0.1, 0.15) is 38.5 Å². The number of aliphatic hydroxyl groups excluding tert-OH is 1. The maximum absolute atomic E-state index is 12.2. The Morgan fingerprint density at radius 1 is 1.09 bits per heavy atom. The zero-order valence-electron chi connectivity index (χ0n) is 13.3. The van der Waals surface area contributed by atoms with Gasteiger partial charge in [-0.3, -0.25) is 0 Å². The van der Waals surface area contributed by atoms with Crippen LogP contribution in [0, 0.1) is 0 Å². The fourth-order valence-electron chi connectivity index (χ4n) is 3.36. The number of aliphatic hydroxyl groups is 1. The number of hydrogen-bond acceptors (Lipinski definition) is 5. The molecule has 0 unspecified atom stereocenters. The van der Waals surface area contributed by atoms with E-state index in [4.69, 9.17) is 0 Å². The summed E-state index contributed by atoms with van der Waals surface area (Å²) >= 11 is 0. The molecule has 2 heterocycles. The molecule has 0 spiro atoms. The first kappa shape index (κ1) is 16.0. The molecule has 0 bridgehead atoms. The summed E-state index contributed by atoms with van der Waals surface area (Å²) in [7, 11) is 0. The fraction of sp³-hybridized carbons (Fsp3) is 0.688. The second-order valence-corrected chi connectivity index (χ2v) is 6.46. The highest BCUT2D eigenvalue weighted by molar-refractivity contribution is 5.74. The molecule has 2 fully saturated rings. The van der Waals surface area contributed by atoms with Crippen LogP contribution in [-0.2, 0) is 0 Å². The van der Waals surface area contributed by atoms with E-state index in [1.54, 1.807) is 18.5 Å². The number of amides is 2. The summed E-state index contributed by atoms with van der Waals surface area (Å²) in [5.74, 6) is 0.723. The van der Waals surface area contributed by atoms with Crippen molar-refractivity contribution in [2.75, 3.05) is 18.0 Å². The van der Waals surface area contributed by atoms with Gasteiger partial charge in [-0.25, -0.2) is 14.8 Å². The first-order valence-electron chi connectivity index (χ1n) is 8.48. The average Bonchev–Trinajstić information content (AvgIpc) is 2.58. The number of nitrogens with one attached hydrogen (secondary N) is 2. The lowest BCUT2D eigenvalue weighted by Crippen LogP contribution is -2.53. The first-order valence-corrected chi connectivity index (χ1v) is 8.48. The van der Waals surface area contributed by atoms with Gasteiger partial charge in [-0.2, -0.15) is 0 Å². The van der Waals surface area contributed by atoms with Gasteiger partial charge in [0, 0.05) is 37.6 Å². The maximum atomic E-state index is 12.2. The minimum Gasteiger partial charge on any atom is -0.393 e.